The van der Waals surface area contributed by atoms with E-state index in [1.165, 1.54) is 5.56 Å². The molecule has 2 atom stereocenters. The Labute approximate surface area is 136 Å². The summed E-state index contributed by atoms with van der Waals surface area (Å²) < 4.78 is 27.8. The van der Waals surface area contributed by atoms with Crippen molar-refractivity contribution in [2.75, 3.05) is 0 Å². The molecule has 0 fully saturated rings. The quantitative estimate of drug-likeness (QED) is 0.872. The van der Waals surface area contributed by atoms with E-state index in [0.717, 1.165) is 17.5 Å². The number of sulfonamides is 1. The average Bonchev–Trinajstić information content (AvgIpc) is 2.51. The van der Waals surface area contributed by atoms with Gasteiger partial charge in [-0.05, 0) is 43.0 Å². The molecule has 5 heteroatoms. The number of benzene rings is 2. The van der Waals surface area contributed by atoms with Crippen molar-refractivity contribution >= 4 is 21.6 Å². The molecule has 116 valence electrons. The van der Waals surface area contributed by atoms with Crippen LogP contribution in [0.25, 0.3) is 0 Å². The molecule has 0 saturated carbocycles. The van der Waals surface area contributed by atoms with E-state index in [-0.39, 0.29) is 16.3 Å². The van der Waals surface area contributed by atoms with Crippen LogP contribution >= 0.6 is 11.6 Å². The van der Waals surface area contributed by atoms with Crippen LogP contribution in [0.1, 0.15) is 28.5 Å². The first-order valence-corrected chi connectivity index (χ1v) is 9.20. The lowest BCUT2D eigenvalue weighted by atomic mass is 9.88. The zero-order chi connectivity index (χ0) is 15.7. The summed E-state index contributed by atoms with van der Waals surface area (Å²) in [7, 11) is -3.55. The van der Waals surface area contributed by atoms with Gasteiger partial charge in [0.2, 0.25) is 10.0 Å². The summed E-state index contributed by atoms with van der Waals surface area (Å²) in [4.78, 5) is 0.279. The first-order chi connectivity index (χ1) is 10.5. The van der Waals surface area contributed by atoms with Gasteiger partial charge in [-0.3, -0.25) is 0 Å². The molecule has 3 rings (SSSR count). The monoisotopic (exact) mass is 335 g/mol. The van der Waals surface area contributed by atoms with Crippen LogP contribution < -0.4 is 4.72 Å². The lowest BCUT2D eigenvalue weighted by Gasteiger charge is -2.30. The SMILES string of the molecule is Cc1ccc(S(=O)(=O)N[C@@H]2CCc3ccccc3[C@H]2Cl)cc1. The first kappa shape index (κ1) is 15.5. The third-order valence-electron chi connectivity index (χ3n) is 4.07. The van der Waals surface area contributed by atoms with Gasteiger partial charge in [-0.25, -0.2) is 13.1 Å². The highest BCUT2D eigenvalue weighted by atomic mass is 35.5. The number of rotatable bonds is 3. The van der Waals surface area contributed by atoms with Gasteiger partial charge in [0, 0.05) is 6.04 Å². The minimum atomic E-state index is -3.55. The second kappa shape index (κ2) is 6.03. The number of hydrogen-bond donors (Lipinski definition) is 1. The second-order valence-electron chi connectivity index (χ2n) is 5.68. The van der Waals surface area contributed by atoms with Gasteiger partial charge in [-0.15, -0.1) is 11.6 Å². The standard InChI is InChI=1S/C17H18ClNO2S/c1-12-6-9-14(10-7-12)22(20,21)19-16-11-8-13-4-2-3-5-15(13)17(16)18/h2-7,9-10,16-17,19H,8,11H2,1H3/t16-,17-/m1/s1. The van der Waals surface area contributed by atoms with E-state index >= 15 is 0 Å². The fourth-order valence-electron chi connectivity index (χ4n) is 2.81. The van der Waals surface area contributed by atoms with E-state index in [0.29, 0.717) is 6.42 Å². The van der Waals surface area contributed by atoms with Crippen LogP contribution in [0.2, 0.25) is 0 Å². The molecule has 1 N–H and O–H groups in total. The highest BCUT2D eigenvalue weighted by Gasteiger charge is 2.31. The molecule has 0 heterocycles. The van der Waals surface area contributed by atoms with Crippen LogP contribution in [0.3, 0.4) is 0 Å². The van der Waals surface area contributed by atoms with Gasteiger partial charge >= 0.3 is 0 Å². The maximum Gasteiger partial charge on any atom is 0.240 e. The van der Waals surface area contributed by atoms with Crippen LogP contribution in [0.4, 0.5) is 0 Å². The van der Waals surface area contributed by atoms with Gasteiger partial charge in [0.05, 0.1) is 10.3 Å². The van der Waals surface area contributed by atoms with Gasteiger partial charge in [-0.1, -0.05) is 42.0 Å². The van der Waals surface area contributed by atoms with Crippen LogP contribution in [0, 0.1) is 6.92 Å². The molecule has 0 aromatic heterocycles. The Morgan fingerprint density at radius 1 is 1.09 bits per heavy atom. The molecule has 0 aliphatic heterocycles. The third-order valence-corrected chi connectivity index (χ3v) is 6.11. The number of alkyl halides is 1. The van der Waals surface area contributed by atoms with Crippen molar-refractivity contribution < 1.29 is 8.42 Å². The molecule has 0 spiro atoms. The Hall–Kier alpha value is -1.36. The topological polar surface area (TPSA) is 46.2 Å². The number of aryl methyl sites for hydroxylation is 2. The minimum Gasteiger partial charge on any atom is -0.207 e. The largest absolute Gasteiger partial charge is 0.240 e. The summed E-state index contributed by atoms with van der Waals surface area (Å²) in [5.74, 6) is 0. The summed E-state index contributed by atoms with van der Waals surface area (Å²) in [5.41, 5.74) is 3.25. The molecule has 0 bridgehead atoms. The summed E-state index contributed by atoms with van der Waals surface area (Å²) in [6.07, 6.45) is 1.54. The highest BCUT2D eigenvalue weighted by Crippen LogP contribution is 2.35. The van der Waals surface area contributed by atoms with E-state index in [2.05, 4.69) is 10.8 Å². The van der Waals surface area contributed by atoms with Crippen LogP contribution in [0.15, 0.2) is 53.4 Å². The predicted molar refractivity (Wildman–Crippen MR) is 88.6 cm³/mol. The Bertz CT molecular complexity index is 772. The molecule has 2 aromatic carbocycles. The van der Waals surface area contributed by atoms with Gasteiger partial charge in [-0.2, -0.15) is 0 Å². The Balaban J connectivity index is 1.83. The fraction of sp³-hybridized carbons (Fsp3) is 0.294. The smallest absolute Gasteiger partial charge is 0.207 e. The molecule has 1 aliphatic rings. The summed E-state index contributed by atoms with van der Waals surface area (Å²) >= 11 is 6.51. The van der Waals surface area contributed by atoms with Crippen molar-refractivity contribution in [3.05, 3.63) is 65.2 Å². The van der Waals surface area contributed by atoms with E-state index in [1.807, 2.05) is 25.1 Å². The summed E-state index contributed by atoms with van der Waals surface area (Å²) in [6.45, 7) is 1.93. The predicted octanol–water partition coefficient (Wildman–Crippen LogP) is 3.57. The Morgan fingerprint density at radius 2 is 1.77 bits per heavy atom. The van der Waals surface area contributed by atoms with Gasteiger partial charge in [0.25, 0.3) is 0 Å². The zero-order valence-electron chi connectivity index (χ0n) is 12.3. The van der Waals surface area contributed by atoms with Crippen LogP contribution in [-0.2, 0) is 16.4 Å². The van der Waals surface area contributed by atoms with E-state index in [4.69, 9.17) is 11.6 Å². The number of halogens is 1. The van der Waals surface area contributed by atoms with Crippen molar-refractivity contribution in [1.29, 1.82) is 0 Å². The van der Waals surface area contributed by atoms with Gasteiger partial charge in [0.1, 0.15) is 0 Å². The maximum absolute atomic E-state index is 12.5. The minimum absolute atomic E-state index is 0.279. The molecule has 0 radical (unpaired) electrons. The van der Waals surface area contributed by atoms with E-state index < -0.39 is 10.0 Å². The van der Waals surface area contributed by atoms with Crippen molar-refractivity contribution in [2.24, 2.45) is 0 Å². The van der Waals surface area contributed by atoms with Gasteiger partial charge < -0.3 is 0 Å². The molecule has 3 nitrogen and oxygen atoms in total. The number of fused-ring (bicyclic) bond motifs is 1. The first-order valence-electron chi connectivity index (χ1n) is 7.28. The van der Waals surface area contributed by atoms with E-state index in [1.54, 1.807) is 24.3 Å². The van der Waals surface area contributed by atoms with Gasteiger partial charge in [0.15, 0.2) is 0 Å². The van der Waals surface area contributed by atoms with Crippen molar-refractivity contribution in [3.63, 3.8) is 0 Å². The van der Waals surface area contributed by atoms with Crippen LogP contribution in [-0.4, -0.2) is 14.5 Å². The van der Waals surface area contributed by atoms with Crippen molar-refractivity contribution in [3.8, 4) is 0 Å². The third kappa shape index (κ3) is 3.05. The molecule has 0 unspecified atom stereocenters. The summed E-state index contributed by atoms with van der Waals surface area (Å²) in [5, 5.41) is -0.342. The van der Waals surface area contributed by atoms with Crippen molar-refractivity contribution in [2.45, 2.75) is 36.1 Å². The van der Waals surface area contributed by atoms with E-state index in [9.17, 15) is 8.42 Å². The average molecular weight is 336 g/mol. The lowest BCUT2D eigenvalue weighted by Crippen LogP contribution is -2.40. The zero-order valence-corrected chi connectivity index (χ0v) is 13.9. The lowest BCUT2D eigenvalue weighted by molar-refractivity contribution is 0.497. The second-order valence-corrected chi connectivity index (χ2v) is 7.86. The molecule has 0 saturated heterocycles. The highest BCUT2D eigenvalue weighted by molar-refractivity contribution is 7.89. The Morgan fingerprint density at radius 3 is 2.50 bits per heavy atom. The number of nitrogens with one attached hydrogen (secondary N) is 1. The maximum atomic E-state index is 12.5. The molecule has 22 heavy (non-hydrogen) atoms. The molecular weight excluding hydrogens is 318 g/mol. The molecule has 2 aromatic rings. The van der Waals surface area contributed by atoms with Crippen LogP contribution in [0.5, 0.6) is 0 Å². The van der Waals surface area contributed by atoms with Crippen molar-refractivity contribution in [1.82, 2.24) is 4.72 Å². The molecule has 0 amide bonds. The summed E-state index contributed by atoms with van der Waals surface area (Å²) in [6, 6.07) is 14.5. The fourth-order valence-corrected chi connectivity index (χ4v) is 4.57. The normalized spacial score (nSPS) is 21.4. The Kier molecular flexibility index (Phi) is 4.26. The number of hydrogen-bond acceptors (Lipinski definition) is 2. The molecule has 1 aliphatic carbocycles. The molecular formula is C17H18ClNO2S.